The first-order valence-corrected chi connectivity index (χ1v) is 10.1. The van der Waals surface area contributed by atoms with Gasteiger partial charge in [-0.2, -0.15) is 0 Å². The van der Waals surface area contributed by atoms with Crippen molar-refractivity contribution in [3.05, 3.63) is 78.3 Å². The van der Waals surface area contributed by atoms with Crippen LogP contribution in [0.4, 0.5) is 8.78 Å². The van der Waals surface area contributed by atoms with Gasteiger partial charge < -0.3 is 4.57 Å². The van der Waals surface area contributed by atoms with Crippen molar-refractivity contribution < 1.29 is 22.0 Å². The van der Waals surface area contributed by atoms with Crippen LogP contribution in [0.2, 0.25) is 0 Å². The second kappa shape index (κ2) is 7.30. The molecule has 1 amide bonds. The highest BCUT2D eigenvalue weighted by atomic mass is 32.2. The molecule has 0 radical (unpaired) electrons. The van der Waals surface area contributed by atoms with Gasteiger partial charge in [0.1, 0.15) is 23.2 Å². The molecule has 0 aliphatic heterocycles. The van der Waals surface area contributed by atoms with Gasteiger partial charge in [-0.1, -0.05) is 12.1 Å². The van der Waals surface area contributed by atoms with Gasteiger partial charge in [-0.3, -0.25) is 9.78 Å². The predicted molar refractivity (Wildman–Crippen MR) is 105 cm³/mol. The number of carbonyl (C=O) groups is 1. The van der Waals surface area contributed by atoms with Crippen LogP contribution < -0.4 is 4.72 Å². The summed E-state index contributed by atoms with van der Waals surface area (Å²) in [5.41, 5.74) is -0.276. The van der Waals surface area contributed by atoms with Crippen LogP contribution >= 0.6 is 0 Å². The van der Waals surface area contributed by atoms with Gasteiger partial charge in [-0.15, -0.1) is 0 Å². The Hall–Kier alpha value is -3.66. The number of benzene rings is 2. The number of aromatic nitrogens is 3. The third kappa shape index (κ3) is 3.41. The molecule has 0 fully saturated rings. The van der Waals surface area contributed by atoms with Crippen molar-refractivity contribution in [2.24, 2.45) is 7.05 Å². The topological polar surface area (TPSA) is 94.0 Å². The van der Waals surface area contributed by atoms with Gasteiger partial charge in [0.15, 0.2) is 0 Å². The minimum Gasteiger partial charge on any atom is -0.333 e. The Kier molecular flexibility index (Phi) is 4.78. The number of halogens is 2. The van der Waals surface area contributed by atoms with Crippen LogP contribution in [0.3, 0.4) is 0 Å². The maximum absolute atomic E-state index is 14.1. The Balaban J connectivity index is 1.69. The summed E-state index contributed by atoms with van der Waals surface area (Å²) in [5.74, 6) is -2.89. The van der Waals surface area contributed by atoms with Gasteiger partial charge in [0, 0.05) is 24.8 Å². The number of nitrogens with one attached hydrogen (secondary N) is 1. The molecule has 10 heteroatoms. The van der Waals surface area contributed by atoms with E-state index in [1.807, 2.05) is 4.72 Å². The zero-order valence-electron chi connectivity index (χ0n) is 15.5. The normalized spacial score (nSPS) is 11.6. The zero-order valence-corrected chi connectivity index (χ0v) is 16.3. The molecule has 152 valence electrons. The molecular formula is C20H14F2N4O3S. The van der Waals surface area contributed by atoms with Crippen molar-refractivity contribution in [3.63, 3.8) is 0 Å². The number of carbonyl (C=O) groups excluding carboxylic acids is 1. The summed E-state index contributed by atoms with van der Waals surface area (Å²) in [6, 6.07) is 11.0. The summed E-state index contributed by atoms with van der Waals surface area (Å²) in [4.78, 5) is 20.5. The van der Waals surface area contributed by atoms with Crippen molar-refractivity contribution in [2.45, 2.75) is 4.90 Å². The number of pyridine rings is 1. The minimum atomic E-state index is -4.26. The number of hydrogen-bond donors (Lipinski definition) is 1. The van der Waals surface area contributed by atoms with E-state index >= 15 is 0 Å². The van der Waals surface area contributed by atoms with Gasteiger partial charge in [0.2, 0.25) is 0 Å². The maximum Gasteiger partial charge on any atom is 0.285 e. The van der Waals surface area contributed by atoms with Crippen molar-refractivity contribution in [3.8, 4) is 11.4 Å². The molecule has 2 aromatic carbocycles. The average Bonchev–Trinajstić information content (AvgIpc) is 3.09. The molecule has 2 heterocycles. The SMILES string of the molecule is Cn1cc(C(=O)NS(=O)(=O)c2cccc3ncccc23)nc1-c1c(F)cccc1F. The number of nitrogens with zero attached hydrogens (tertiary/aromatic N) is 3. The van der Waals surface area contributed by atoms with E-state index < -0.39 is 33.1 Å². The van der Waals surface area contributed by atoms with Gasteiger partial charge >= 0.3 is 0 Å². The molecule has 4 rings (SSSR count). The van der Waals surface area contributed by atoms with Crippen LogP contribution in [0, 0.1) is 11.6 Å². The fourth-order valence-corrected chi connectivity index (χ4v) is 4.24. The molecule has 4 aromatic rings. The molecular weight excluding hydrogens is 414 g/mol. The van der Waals surface area contributed by atoms with Crippen molar-refractivity contribution >= 4 is 26.8 Å². The summed E-state index contributed by atoms with van der Waals surface area (Å²) in [6.07, 6.45) is 2.71. The molecule has 7 nitrogen and oxygen atoms in total. The van der Waals surface area contributed by atoms with Gasteiger partial charge in [0.25, 0.3) is 15.9 Å². The van der Waals surface area contributed by atoms with Crippen LogP contribution in [-0.2, 0) is 17.1 Å². The Bertz CT molecular complexity index is 1370. The highest BCUT2D eigenvalue weighted by Gasteiger charge is 2.24. The Morgan fingerprint density at radius 1 is 1.03 bits per heavy atom. The summed E-state index contributed by atoms with van der Waals surface area (Å²) < 4.78 is 56.9. The molecule has 0 spiro atoms. The van der Waals surface area contributed by atoms with Crippen LogP contribution in [0.15, 0.2) is 65.8 Å². The third-order valence-electron chi connectivity index (χ3n) is 4.42. The molecule has 0 atom stereocenters. The predicted octanol–water partition coefficient (Wildman–Crippen LogP) is 3.03. The Morgan fingerprint density at radius 2 is 1.73 bits per heavy atom. The summed E-state index contributed by atoms with van der Waals surface area (Å²) >= 11 is 0. The molecule has 30 heavy (non-hydrogen) atoms. The highest BCUT2D eigenvalue weighted by molar-refractivity contribution is 7.90. The summed E-state index contributed by atoms with van der Waals surface area (Å²) in [6.45, 7) is 0. The molecule has 0 saturated heterocycles. The first-order valence-electron chi connectivity index (χ1n) is 8.66. The van der Waals surface area contributed by atoms with Crippen LogP contribution in [0.1, 0.15) is 10.5 Å². The molecule has 0 saturated carbocycles. The summed E-state index contributed by atoms with van der Waals surface area (Å²) in [5, 5.41) is 0.343. The number of fused-ring (bicyclic) bond motifs is 1. The number of hydrogen-bond acceptors (Lipinski definition) is 5. The Labute approximate surface area is 170 Å². The molecule has 0 unspecified atom stereocenters. The van der Waals surface area contributed by atoms with E-state index in [2.05, 4.69) is 9.97 Å². The fraction of sp³-hybridized carbons (Fsp3) is 0.0500. The van der Waals surface area contributed by atoms with E-state index in [1.165, 1.54) is 42.2 Å². The highest BCUT2D eigenvalue weighted by Crippen LogP contribution is 2.25. The van der Waals surface area contributed by atoms with Crippen LogP contribution in [0.5, 0.6) is 0 Å². The first-order chi connectivity index (χ1) is 14.3. The maximum atomic E-state index is 14.1. The van der Waals surface area contributed by atoms with E-state index in [9.17, 15) is 22.0 Å². The second-order valence-corrected chi connectivity index (χ2v) is 8.07. The van der Waals surface area contributed by atoms with Crippen LogP contribution in [0.25, 0.3) is 22.3 Å². The third-order valence-corrected chi connectivity index (χ3v) is 5.81. The monoisotopic (exact) mass is 428 g/mol. The molecule has 1 N–H and O–H groups in total. The van der Waals surface area contributed by atoms with E-state index in [0.29, 0.717) is 10.9 Å². The lowest BCUT2D eigenvalue weighted by atomic mass is 10.2. The zero-order chi connectivity index (χ0) is 21.5. The standard InChI is InChI=1S/C20H14F2N4O3S/c1-26-11-16(24-19(26)18-13(21)6-2-7-14(18)22)20(27)25-30(28,29)17-9-3-8-15-12(17)5-4-10-23-15/h2-11H,1H3,(H,25,27). The minimum absolute atomic E-state index is 0.127. The first kappa shape index (κ1) is 19.6. The number of rotatable bonds is 4. The largest absolute Gasteiger partial charge is 0.333 e. The molecule has 0 aliphatic rings. The van der Waals surface area contributed by atoms with Crippen molar-refractivity contribution in [1.29, 1.82) is 0 Å². The van der Waals surface area contributed by atoms with E-state index in [4.69, 9.17) is 0 Å². The van der Waals surface area contributed by atoms with Gasteiger partial charge in [0.05, 0.1) is 16.0 Å². The summed E-state index contributed by atoms with van der Waals surface area (Å²) in [7, 11) is -2.82. The molecule has 0 bridgehead atoms. The van der Waals surface area contributed by atoms with Crippen molar-refractivity contribution in [2.75, 3.05) is 0 Å². The number of sulfonamides is 1. The lowest BCUT2D eigenvalue weighted by molar-refractivity contribution is 0.0977. The van der Waals surface area contributed by atoms with E-state index in [1.54, 1.807) is 18.2 Å². The number of aryl methyl sites for hydroxylation is 1. The van der Waals surface area contributed by atoms with Gasteiger partial charge in [-0.05, 0) is 36.4 Å². The van der Waals surface area contributed by atoms with E-state index in [-0.39, 0.29) is 16.4 Å². The smallest absolute Gasteiger partial charge is 0.285 e. The fourth-order valence-electron chi connectivity index (χ4n) is 3.06. The van der Waals surface area contributed by atoms with Gasteiger partial charge in [-0.25, -0.2) is 26.9 Å². The number of amides is 1. The van der Waals surface area contributed by atoms with E-state index in [0.717, 1.165) is 12.1 Å². The Morgan fingerprint density at radius 3 is 2.47 bits per heavy atom. The molecule has 2 aromatic heterocycles. The van der Waals surface area contributed by atoms with Crippen LogP contribution in [-0.4, -0.2) is 28.9 Å². The second-order valence-electron chi connectivity index (χ2n) is 6.42. The number of imidazole rings is 1. The molecule has 0 aliphatic carbocycles. The quantitative estimate of drug-likeness (QED) is 0.539. The average molecular weight is 428 g/mol. The lowest BCUT2D eigenvalue weighted by Gasteiger charge is -2.08. The van der Waals surface area contributed by atoms with Crippen molar-refractivity contribution in [1.82, 2.24) is 19.3 Å². The lowest BCUT2D eigenvalue weighted by Crippen LogP contribution is -2.31.